The number of rotatable bonds is 4. The SMILES string of the molecule is O=S(=O)(O)CCCC1COCCN1. The molecule has 1 aliphatic rings. The van der Waals surface area contributed by atoms with E-state index < -0.39 is 10.1 Å². The Morgan fingerprint density at radius 3 is 2.85 bits per heavy atom. The minimum atomic E-state index is -3.79. The van der Waals surface area contributed by atoms with Crippen molar-refractivity contribution >= 4 is 10.1 Å². The van der Waals surface area contributed by atoms with E-state index in [0.29, 0.717) is 13.0 Å². The Balaban J connectivity index is 2.11. The van der Waals surface area contributed by atoms with Gasteiger partial charge < -0.3 is 10.1 Å². The van der Waals surface area contributed by atoms with Crippen molar-refractivity contribution in [2.75, 3.05) is 25.5 Å². The van der Waals surface area contributed by atoms with E-state index in [1.54, 1.807) is 0 Å². The number of morpholine rings is 1. The summed E-state index contributed by atoms with van der Waals surface area (Å²) in [5, 5.41) is 3.20. The largest absolute Gasteiger partial charge is 0.379 e. The summed E-state index contributed by atoms with van der Waals surface area (Å²) in [7, 11) is -3.79. The Bertz CT molecular complexity index is 233. The lowest BCUT2D eigenvalue weighted by molar-refractivity contribution is 0.0740. The zero-order valence-corrected chi connectivity index (χ0v) is 8.22. The van der Waals surface area contributed by atoms with Gasteiger partial charge in [-0.1, -0.05) is 0 Å². The molecule has 1 heterocycles. The van der Waals surface area contributed by atoms with E-state index in [4.69, 9.17) is 9.29 Å². The van der Waals surface area contributed by atoms with E-state index >= 15 is 0 Å². The predicted octanol–water partition coefficient (Wildman–Crippen LogP) is -0.357. The van der Waals surface area contributed by atoms with Gasteiger partial charge >= 0.3 is 0 Å². The molecule has 0 aromatic carbocycles. The molecule has 0 aliphatic carbocycles. The highest BCUT2D eigenvalue weighted by Crippen LogP contribution is 2.03. The van der Waals surface area contributed by atoms with Crippen LogP contribution in [0.25, 0.3) is 0 Å². The molecule has 2 N–H and O–H groups in total. The summed E-state index contributed by atoms with van der Waals surface area (Å²) in [6.07, 6.45) is 1.19. The van der Waals surface area contributed by atoms with Crippen LogP contribution in [0.15, 0.2) is 0 Å². The molecule has 0 spiro atoms. The fourth-order valence-electron chi connectivity index (χ4n) is 1.32. The van der Waals surface area contributed by atoms with Crippen molar-refractivity contribution in [2.45, 2.75) is 18.9 Å². The molecular formula is C7H15NO4S. The second-order valence-corrected chi connectivity index (χ2v) is 4.73. The molecule has 1 unspecified atom stereocenters. The second-order valence-electron chi connectivity index (χ2n) is 3.15. The van der Waals surface area contributed by atoms with E-state index in [1.807, 2.05) is 0 Å². The smallest absolute Gasteiger partial charge is 0.264 e. The molecule has 0 bridgehead atoms. The summed E-state index contributed by atoms with van der Waals surface area (Å²) in [6, 6.07) is 0.232. The van der Waals surface area contributed by atoms with Crippen LogP contribution in [0.1, 0.15) is 12.8 Å². The highest BCUT2D eigenvalue weighted by atomic mass is 32.2. The molecule has 1 rings (SSSR count). The summed E-state index contributed by atoms with van der Waals surface area (Å²) in [5.74, 6) is -0.162. The maximum absolute atomic E-state index is 10.4. The van der Waals surface area contributed by atoms with Crippen LogP contribution >= 0.6 is 0 Å². The molecule has 1 saturated heterocycles. The second kappa shape index (κ2) is 4.90. The molecule has 1 aliphatic heterocycles. The monoisotopic (exact) mass is 209 g/mol. The first-order valence-corrected chi connectivity index (χ1v) is 5.95. The first-order chi connectivity index (χ1) is 6.08. The van der Waals surface area contributed by atoms with E-state index in [1.165, 1.54) is 0 Å². The van der Waals surface area contributed by atoms with Crippen molar-refractivity contribution in [2.24, 2.45) is 0 Å². The molecule has 0 saturated carbocycles. The van der Waals surface area contributed by atoms with Crippen LogP contribution < -0.4 is 5.32 Å². The van der Waals surface area contributed by atoms with Gasteiger partial charge in [0.15, 0.2) is 0 Å². The summed E-state index contributed by atoms with van der Waals surface area (Å²) in [6.45, 7) is 2.16. The summed E-state index contributed by atoms with van der Waals surface area (Å²) in [4.78, 5) is 0. The zero-order chi connectivity index (χ0) is 9.73. The molecular weight excluding hydrogens is 194 g/mol. The number of ether oxygens (including phenoxy) is 1. The number of hydrogen-bond acceptors (Lipinski definition) is 4. The van der Waals surface area contributed by atoms with Crippen molar-refractivity contribution in [3.8, 4) is 0 Å². The molecule has 1 fully saturated rings. The predicted molar refractivity (Wildman–Crippen MR) is 48.3 cm³/mol. The fraction of sp³-hybridized carbons (Fsp3) is 1.00. The van der Waals surface area contributed by atoms with Crippen LogP contribution in [-0.4, -0.2) is 44.5 Å². The van der Waals surface area contributed by atoms with Gasteiger partial charge in [-0.05, 0) is 12.8 Å². The lowest BCUT2D eigenvalue weighted by Crippen LogP contribution is -2.41. The van der Waals surface area contributed by atoms with Gasteiger partial charge in [-0.25, -0.2) is 0 Å². The van der Waals surface area contributed by atoms with Gasteiger partial charge in [0.05, 0.1) is 19.0 Å². The van der Waals surface area contributed by atoms with Crippen LogP contribution in [0, 0.1) is 0 Å². The van der Waals surface area contributed by atoms with Gasteiger partial charge in [0.1, 0.15) is 0 Å². The highest BCUT2D eigenvalue weighted by Gasteiger charge is 2.13. The van der Waals surface area contributed by atoms with Crippen molar-refractivity contribution in [1.29, 1.82) is 0 Å². The molecule has 1 atom stereocenters. The Labute approximate surface area is 78.2 Å². The fourth-order valence-corrected chi connectivity index (χ4v) is 1.85. The lowest BCUT2D eigenvalue weighted by Gasteiger charge is -2.23. The Kier molecular flexibility index (Phi) is 4.11. The molecule has 0 aromatic rings. The highest BCUT2D eigenvalue weighted by molar-refractivity contribution is 7.85. The van der Waals surface area contributed by atoms with Crippen LogP contribution in [0.3, 0.4) is 0 Å². The first kappa shape index (κ1) is 10.9. The van der Waals surface area contributed by atoms with Crippen molar-refractivity contribution < 1.29 is 17.7 Å². The molecule has 0 radical (unpaired) electrons. The number of hydrogen-bond donors (Lipinski definition) is 2. The molecule has 78 valence electrons. The average molecular weight is 209 g/mol. The zero-order valence-electron chi connectivity index (χ0n) is 7.40. The average Bonchev–Trinajstić information content (AvgIpc) is 2.04. The lowest BCUT2D eigenvalue weighted by atomic mass is 10.1. The van der Waals surface area contributed by atoms with Crippen molar-refractivity contribution in [3.63, 3.8) is 0 Å². The van der Waals surface area contributed by atoms with E-state index in [0.717, 1.165) is 19.6 Å². The van der Waals surface area contributed by atoms with Gasteiger partial charge in [-0.15, -0.1) is 0 Å². The van der Waals surface area contributed by atoms with Gasteiger partial charge in [0.25, 0.3) is 10.1 Å². The maximum atomic E-state index is 10.4. The van der Waals surface area contributed by atoms with Crippen LogP contribution in [0.4, 0.5) is 0 Å². The van der Waals surface area contributed by atoms with Gasteiger partial charge in [0.2, 0.25) is 0 Å². The standard InChI is InChI=1S/C7H15NO4S/c9-13(10,11)5-1-2-7-6-12-4-3-8-7/h7-8H,1-6H2,(H,9,10,11). The van der Waals surface area contributed by atoms with Crippen LogP contribution in [-0.2, 0) is 14.9 Å². The third kappa shape index (κ3) is 5.20. The van der Waals surface area contributed by atoms with E-state index in [9.17, 15) is 8.42 Å². The van der Waals surface area contributed by atoms with Gasteiger partial charge in [-0.3, -0.25) is 4.55 Å². The van der Waals surface area contributed by atoms with E-state index in [-0.39, 0.29) is 11.8 Å². The maximum Gasteiger partial charge on any atom is 0.264 e. The quantitative estimate of drug-likeness (QED) is 0.619. The normalized spacial score (nSPS) is 24.5. The summed E-state index contributed by atoms with van der Waals surface area (Å²) < 4.78 is 34.4. The molecule has 6 heteroatoms. The first-order valence-electron chi connectivity index (χ1n) is 4.34. The third-order valence-corrected chi connectivity index (χ3v) is 2.76. The molecule has 0 aromatic heterocycles. The Morgan fingerprint density at radius 2 is 2.31 bits per heavy atom. The van der Waals surface area contributed by atoms with Crippen molar-refractivity contribution in [1.82, 2.24) is 5.32 Å². The van der Waals surface area contributed by atoms with Gasteiger partial charge in [-0.2, -0.15) is 8.42 Å². The number of nitrogens with one attached hydrogen (secondary N) is 1. The third-order valence-electron chi connectivity index (χ3n) is 1.95. The van der Waals surface area contributed by atoms with E-state index in [2.05, 4.69) is 5.32 Å². The Hall–Kier alpha value is -0.170. The Morgan fingerprint density at radius 1 is 1.54 bits per heavy atom. The minimum absolute atomic E-state index is 0.162. The topological polar surface area (TPSA) is 75.6 Å². The van der Waals surface area contributed by atoms with Crippen molar-refractivity contribution in [3.05, 3.63) is 0 Å². The molecule has 13 heavy (non-hydrogen) atoms. The van der Waals surface area contributed by atoms with Gasteiger partial charge in [0, 0.05) is 12.6 Å². The summed E-state index contributed by atoms with van der Waals surface area (Å²) in [5.41, 5.74) is 0. The van der Waals surface area contributed by atoms with Crippen LogP contribution in [0.2, 0.25) is 0 Å². The minimum Gasteiger partial charge on any atom is -0.379 e. The summed E-state index contributed by atoms with van der Waals surface area (Å²) >= 11 is 0. The molecule has 0 amide bonds. The van der Waals surface area contributed by atoms with Crippen LogP contribution in [0.5, 0.6) is 0 Å². The molecule has 5 nitrogen and oxygen atoms in total.